The van der Waals surface area contributed by atoms with Crippen LogP contribution in [0.5, 0.6) is 0 Å². The van der Waals surface area contributed by atoms with Crippen LogP contribution in [0.25, 0.3) is 0 Å². The lowest BCUT2D eigenvalue weighted by molar-refractivity contribution is -0.121. The first-order valence-electron chi connectivity index (χ1n) is 9.13. The minimum atomic E-state index is -0.688. The molecule has 0 fully saturated rings. The second-order valence-electron chi connectivity index (χ2n) is 7.23. The van der Waals surface area contributed by atoms with Gasteiger partial charge in [-0.2, -0.15) is 0 Å². The number of rotatable bonds is 7. The number of benzene rings is 1. The fourth-order valence-electron chi connectivity index (χ4n) is 2.34. The molecule has 0 bridgehead atoms. The van der Waals surface area contributed by atoms with Crippen molar-refractivity contribution in [3.63, 3.8) is 0 Å². The molecule has 0 aliphatic carbocycles. The van der Waals surface area contributed by atoms with E-state index in [1.807, 2.05) is 30.3 Å². The summed E-state index contributed by atoms with van der Waals surface area (Å²) in [6.07, 6.45) is 2.27. The van der Waals surface area contributed by atoms with Crippen molar-refractivity contribution in [1.82, 2.24) is 15.6 Å². The second kappa shape index (κ2) is 10.2. The number of hydrogen-bond acceptors (Lipinski definition) is 6. The smallest absolute Gasteiger partial charge is 0.408 e. The summed E-state index contributed by atoms with van der Waals surface area (Å²) in [6, 6.07) is 11.7. The first-order valence-corrected chi connectivity index (χ1v) is 9.13. The molecule has 0 saturated heterocycles. The maximum Gasteiger partial charge on any atom is 0.408 e. The SMILES string of the molecule is CC(C)(C)OC(=O)NCC(=O)N[C@H](COC(=O)c1cccnc1)c1ccccc1. The number of ether oxygens (including phenoxy) is 2. The summed E-state index contributed by atoms with van der Waals surface area (Å²) < 4.78 is 10.4. The Morgan fingerprint density at radius 1 is 1.07 bits per heavy atom. The lowest BCUT2D eigenvalue weighted by atomic mass is 10.1. The number of pyridine rings is 1. The third-order valence-electron chi connectivity index (χ3n) is 3.61. The number of aromatic nitrogens is 1. The number of nitrogens with zero attached hydrogens (tertiary/aromatic N) is 1. The van der Waals surface area contributed by atoms with Gasteiger partial charge in [0, 0.05) is 12.4 Å². The normalized spacial score (nSPS) is 11.8. The average Bonchev–Trinajstić information content (AvgIpc) is 2.69. The second-order valence-corrected chi connectivity index (χ2v) is 7.23. The van der Waals surface area contributed by atoms with Crippen molar-refractivity contribution in [1.29, 1.82) is 0 Å². The van der Waals surface area contributed by atoms with Gasteiger partial charge in [0.1, 0.15) is 18.8 Å². The van der Waals surface area contributed by atoms with Gasteiger partial charge in [-0.25, -0.2) is 9.59 Å². The van der Waals surface area contributed by atoms with Gasteiger partial charge in [0.05, 0.1) is 11.6 Å². The van der Waals surface area contributed by atoms with Crippen LogP contribution in [0.15, 0.2) is 54.9 Å². The summed E-state index contributed by atoms with van der Waals surface area (Å²) in [5, 5.41) is 5.15. The number of carbonyl (C=O) groups is 3. The number of alkyl carbamates (subject to hydrolysis) is 1. The first kappa shape index (κ1) is 21.9. The molecule has 0 saturated carbocycles. The van der Waals surface area contributed by atoms with E-state index in [-0.39, 0.29) is 13.2 Å². The molecule has 0 aliphatic rings. The quantitative estimate of drug-likeness (QED) is 0.693. The van der Waals surface area contributed by atoms with Crippen LogP contribution in [-0.4, -0.2) is 41.7 Å². The summed E-state index contributed by atoms with van der Waals surface area (Å²) in [4.78, 5) is 40.0. The highest BCUT2D eigenvalue weighted by Gasteiger charge is 2.20. The lowest BCUT2D eigenvalue weighted by Crippen LogP contribution is -2.41. The van der Waals surface area contributed by atoms with E-state index in [9.17, 15) is 14.4 Å². The van der Waals surface area contributed by atoms with E-state index >= 15 is 0 Å². The predicted molar refractivity (Wildman–Crippen MR) is 106 cm³/mol. The van der Waals surface area contributed by atoms with E-state index in [1.165, 1.54) is 6.20 Å². The van der Waals surface area contributed by atoms with Crippen LogP contribution in [0.3, 0.4) is 0 Å². The van der Waals surface area contributed by atoms with Gasteiger partial charge in [0.25, 0.3) is 0 Å². The molecule has 2 N–H and O–H groups in total. The van der Waals surface area contributed by atoms with Gasteiger partial charge in [-0.1, -0.05) is 30.3 Å². The molecule has 8 heteroatoms. The van der Waals surface area contributed by atoms with Crippen molar-refractivity contribution >= 4 is 18.0 Å². The van der Waals surface area contributed by atoms with Crippen molar-refractivity contribution in [2.45, 2.75) is 32.4 Å². The van der Waals surface area contributed by atoms with Crippen molar-refractivity contribution in [2.75, 3.05) is 13.2 Å². The Kier molecular flexibility index (Phi) is 7.70. The molecule has 29 heavy (non-hydrogen) atoms. The molecule has 1 aromatic heterocycles. The van der Waals surface area contributed by atoms with Gasteiger partial charge in [-0.3, -0.25) is 9.78 Å². The van der Waals surface area contributed by atoms with Crippen LogP contribution < -0.4 is 10.6 Å². The number of nitrogens with one attached hydrogen (secondary N) is 2. The summed E-state index contributed by atoms with van der Waals surface area (Å²) in [7, 11) is 0. The topological polar surface area (TPSA) is 107 Å². The highest BCUT2D eigenvalue weighted by Crippen LogP contribution is 2.14. The highest BCUT2D eigenvalue weighted by atomic mass is 16.6. The zero-order valence-electron chi connectivity index (χ0n) is 16.7. The number of amides is 2. The minimum Gasteiger partial charge on any atom is -0.459 e. The van der Waals surface area contributed by atoms with E-state index in [0.29, 0.717) is 5.56 Å². The standard InChI is InChI=1S/C21H25N3O5/c1-21(2,3)29-20(27)23-13-18(25)24-17(15-8-5-4-6-9-15)14-28-19(26)16-10-7-11-22-12-16/h4-12,17H,13-14H2,1-3H3,(H,23,27)(H,24,25)/t17-/m1/s1. The maximum atomic E-state index is 12.3. The van der Waals surface area contributed by atoms with Crippen LogP contribution >= 0.6 is 0 Å². The highest BCUT2D eigenvalue weighted by molar-refractivity contribution is 5.89. The third-order valence-corrected chi connectivity index (χ3v) is 3.61. The molecule has 8 nitrogen and oxygen atoms in total. The fourth-order valence-corrected chi connectivity index (χ4v) is 2.34. The Balaban J connectivity index is 1.95. The van der Waals surface area contributed by atoms with Crippen molar-refractivity contribution in [2.24, 2.45) is 0 Å². The van der Waals surface area contributed by atoms with Gasteiger partial charge in [0.2, 0.25) is 5.91 Å². The fraction of sp³-hybridized carbons (Fsp3) is 0.333. The molecular weight excluding hydrogens is 374 g/mol. The van der Waals surface area contributed by atoms with Crippen LogP contribution in [-0.2, 0) is 14.3 Å². The number of carbonyl (C=O) groups excluding carboxylic acids is 3. The first-order chi connectivity index (χ1) is 13.7. The summed E-state index contributed by atoms with van der Waals surface area (Å²) in [5.74, 6) is -0.984. The van der Waals surface area contributed by atoms with E-state index in [2.05, 4.69) is 15.6 Å². The van der Waals surface area contributed by atoms with Gasteiger partial charge in [0.15, 0.2) is 0 Å². The van der Waals surface area contributed by atoms with Crippen LogP contribution in [0.4, 0.5) is 4.79 Å². The molecular formula is C21H25N3O5. The van der Waals surface area contributed by atoms with Crippen LogP contribution in [0.2, 0.25) is 0 Å². The molecule has 0 unspecified atom stereocenters. The summed E-state index contributed by atoms with van der Waals surface area (Å²) in [5.41, 5.74) is 0.419. The lowest BCUT2D eigenvalue weighted by Gasteiger charge is -2.21. The third kappa shape index (κ3) is 8.00. The molecule has 0 radical (unpaired) electrons. The largest absolute Gasteiger partial charge is 0.459 e. The molecule has 1 heterocycles. The van der Waals surface area contributed by atoms with E-state index in [1.54, 1.807) is 39.1 Å². The molecule has 2 amide bonds. The van der Waals surface area contributed by atoms with Gasteiger partial charge >= 0.3 is 12.1 Å². The zero-order valence-corrected chi connectivity index (χ0v) is 16.7. The number of hydrogen-bond donors (Lipinski definition) is 2. The zero-order chi connectivity index (χ0) is 21.3. The summed E-state index contributed by atoms with van der Waals surface area (Å²) >= 11 is 0. The van der Waals surface area contributed by atoms with E-state index in [4.69, 9.17) is 9.47 Å². The van der Waals surface area contributed by atoms with Crippen molar-refractivity contribution in [3.8, 4) is 0 Å². The van der Waals surface area contributed by atoms with E-state index < -0.39 is 29.6 Å². The van der Waals surface area contributed by atoms with Crippen molar-refractivity contribution < 1.29 is 23.9 Å². The molecule has 2 rings (SSSR count). The van der Waals surface area contributed by atoms with Gasteiger partial charge < -0.3 is 20.1 Å². The van der Waals surface area contributed by atoms with Gasteiger partial charge in [-0.05, 0) is 38.5 Å². The monoisotopic (exact) mass is 399 g/mol. The summed E-state index contributed by atoms with van der Waals surface area (Å²) in [6.45, 7) is 4.85. The Morgan fingerprint density at radius 2 is 1.79 bits per heavy atom. The molecule has 1 atom stereocenters. The van der Waals surface area contributed by atoms with Crippen LogP contribution in [0.1, 0.15) is 42.7 Å². The Hall–Kier alpha value is -3.42. The average molecular weight is 399 g/mol. The van der Waals surface area contributed by atoms with Crippen molar-refractivity contribution in [3.05, 3.63) is 66.0 Å². The van der Waals surface area contributed by atoms with Crippen LogP contribution in [0, 0.1) is 0 Å². The Morgan fingerprint density at radius 3 is 2.41 bits per heavy atom. The molecule has 154 valence electrons. The Labute approximate surface area is 169 Å². The molecule has 1 aromatic carbocycles. The van der Waals surface area contributed by atoms with E-state index in [0.717, 1.165) is 5.56 Å². The molecule has 0 spiro atoms. The maximum absolute atomic E-state index is 12.3. The Bertz CT molecular complexity index is 819. The predicted octanol–water partition coefficient (Wildman–Crippen LogP) is 2.62. The molecule has 0 aliphatic heterocycles. The van der Waals surface area contributed by atoms with Gasteiger partial charge in [-0.15, -0.1) is 0 Å². The minimum absolute atomic E-state index is 0.0735. The molecule has 2 aromatic rings. The number of esters is 1.